The second kappa shape index (κ2) is 10.4. The van der Waals surface area contributed by atoms with Gasteiger partial charge in [-0.3, -0.25) is 20.2 Å². The number of nitro benzene ring substituents is 1. The van der Waals surface area contributed by atoms with E-state index in [1.165, 1.54) is 12.1 Å². The fourth-order valence-electron chi connectivity index (χ4n) is 3.18. The molecule has 0 radical (unpaired) electrons. The molecule has 158 valence electrons. The Kier molecular flexibility index (Phi) is 7.93. The number of urea groups is 1. The van der Waals surface area contributed by atoms with E-state index in [-0.39, 0.29) is 29.6 Å². The maximum Gasteiger partial charge on any atom is 0.338 e. The monoisotopic (exact) mass is 407 g/mol. The van der Waals surface area contributed by atoms with E-state index in [1.807, 2.05) is 6.92 Å². The first kappa shape index (κ1) is 22.1. The summed E-state index contributed by atoms with van der Waals surface area (Å²) in [6.07, 6.45) is 4.02. The Hall–Kier alpha value is -3.17. The fraction of sp³-hybridized carbons (Fsp3) is 0.526. The number of nitrogens with zero attached hydrogens (tertiary/aromatic N) is 1. The number of hydrogen-bond donors (Lipinski definition) is 2. The van der Waals surface area contributed by atoms with Gasteiger partial charge < -0.3 is 14.8 Å². The molecule has 1 fully saturated rings. The molecular formula is C19H25N3O7. The molecule has 0 aliphatic heterocycles. The molecule has 2 N–H and O–H groups in total. The van der Waals surface area contributed by atoms with Crippen molar-refractivity contribution in [3.63, 3.8) is 0 Å². The number of nitro groups is 1. The van der Waals surface area contributed by atoms with Crippen molar-refractivity contribution in [3.8, 4) is 5.75 Å². The number of carbonyl (C=O) groups excluding carboxylic acids is 3. The van der Waals surface area contributed by atoms with Crippen molar-refractivity contribution in [1.29, 1.82) is 0 Å². The number of esters is 1. The Balaban J connectivity index is 1.86. The summed E-state index contributed by atoms with van der Waals surface area (Å²) in [5.41, 5.74) is -0.486. The maximum absolute atomic E-state index is 12.1. The molecule has 2 rings (SSSR count). The highest BCUT2D eigenvalue weighted by atomic mass is 16.6. The first-order valence-corrected chi connectivity index (χ1v) is 9.50. The van der Waals surface area contributed by atoms with E-state index in [9.17, 15) is 24.5 Å². The van der Waals surface area contributed by atoms with Crippen LogP contribution in [-0.4, -0.2) is 42.1 Å². The number of carbonyl (C=O) groups is 3. The van der Waals surface area contributed by atoms with Gasteiger partial charge in [0, 0.05) is 12.1 Å². The number of hydrogen-bond acceptors (Lipinski definition) is 7. The molecule has 1 aliphatic carbocycles. The normalized spacial score (nSPS) is 18.4. The summed E-state index contributed by atoms with van der Waals surface area (Å²) in [7, 11) is 0. The van der Waals surface area contributed by atoms with Crippen LogP contribution in [0.25, 0.3) is 0 Å². The molecule has 0 unspecified atom stereocenters. The zero-order valence-corrected chi connectivity index (χ0v) is 16.4. The molecule has 10 heteroatoms. The van der Waals surface area contributed by atoms with Crippen LogP contribution >= 0.6 is 0 Å². The number of nitrogens with one attached hydrogen (secondary N) is 2. The van der Waals surface area contributed by atoms with Gasteiger partial charge in [0.05, 0.1) is 17.1 Å². The van der Waals surface area contributed by atoms with Gasteiger partial charge in [0.15, 0.2) is 12.4 Å². The van der Waals surface area contributed by atoms with E-state index in [4.69, 9.17) is 9.47 Å². The Morgan fingerprint density at radius 3 is 2.62 bits per heavy atom. The number of ether oxygens (including phenoxy) is 2. The summed E-state index contributed by atoms with van der Waals surface area (Å²) < 4.78 is 9.98. The van der Waals surface area contributed by atoms with E-state index >= 15 is 0 Å². The molecule has 0 bridgehead atoms. The highest BCUT2D eigenvalue weighted by Crippen LogP contribution is 2.28. The minimum atomic E-state index is -0.924. The van der Waals surface area contributed by atoms with Crippen LogP contribution in [0.2, 0.25) is 0 Å². The van der Waals surface area contributed by atoms with E-state index < -0.39 is 29.4 Å². The number of imide groups is 1. The molecule has 1 aromatic rings. The molecule has 2 atom stereocenters. The van der Waals surface area contributed by atoms with E-state index in [2.05, 4.69) is 10.6 Å². The third-order valence-electron chi connectivity index (χ3n) is 4.71. The molecule has 0 aromatic heterocycles. The average molecular weight is 407 g/mol. The maximum atomic E-state index is 12.1. The van der Waals surface area contributed by atoms with Gasteiger partial charge in [-0.15, -0.1) is 0 Å². The van der Waals surface area contributed by atoms with Crippen LogP contribution in [0.1, 0.15) is 49.9 Å². The van der Waals surface area contributed by atoms with E-state index in [1.54, 1.807) is 6.92 Å². The molecule has 1 aromatic carbocycles. The van der Waals surface area contributed by atoms with Crippen LogP contribution in [-0.2, 0) is 9.53 Å². The molecule has 0 spiro atoms. The first-order valence-electron chi connectivity index (χ1n) is 9.50. The molecule has 1 saturated carbocycles. The second-order valence-electron chi connectivity index (χ2n) is 6.84. The number of benzene rings is 1. The summed E-state index contributed by atoms with van der Waals surface area (Å²) in [6, 6.07) is 2.97. The van der Waals surface area contributed by atoms with E-state index in [0.29, 0.717) is 5.92 Å². The van der Waals surface area contributed by atoms with Gasteiger partial charge in [-0.05, 0) is 37.8 Å². The van der Waals surface area contributed by atoms with Gasteiger partial charge in [0.2, 0.25) is 0 Å². The zero-order valence-electron chi connectivity index (χ0n) is 16.4. The number of rotatable bonds is 7. The van der Waals surface area contributed by atoms with Crippen LogP contribution in [0.15, 0.2) is 18.2 Å². The highest BCUT2D eigenvalue weighted by Gasteiger charge is 2.24. The Bertz CT molecular complexity index is 781. The Morgan fingerprint density at radius 1 is 1.24 bits per heavy atom. The first-order chi connectivity index (χ1) is 13.8. The lowest BCUT2D eigenvalue weighted by molar-refractivity contribution is -0.385. The van der Waals surface area contributed by atoms with Crippen LogP contribution in [0.5, 0.6) is 5.75 Å². The number of amides is 3. The minimum Gasteiger partial charge on any atom is -0.487 e. The quantitative estimate of drug-likeness (QED) is 0.402. The lowest BCUT2D eigenvalue weighted by Crippen LogP contribution is -2.48. The van der Waals surface area contributed by atoms with Crippen molar-refractivity contribution in [2.24, 2.45) is 5.92 Å². The zero-order chi connectivity index (χ0) is 21.4. The van der Waals surface area contributed by atoms with E-state index in [0.717, 1.165) is 31.7 Å². The van der Waals surface area contributed by atoms with Gasteiger partial charge >= 0.3 is 17.7 Å². The van der Waals surface area contributed by atoms with Crippen LogP contribution in [0.3, 0.4) is 0 Å². The third kappa shape index (κ3) is 6.44. The van der Waals surface area contributed by atoms with Gasteiger partial charge in [-0.2, -0.15) is 0 Å². The van der Waals surface area contributed by atoms with Crippen molar-refractivity contribution in [2.75, 3.05) is 13.2 Å². The predicted molar refractivity (Wildman–Crippen MR) is 103 cm³/mol. The molecular weight excluding hydrogens is 382 g/mol. The summed E-state index contributed by atoms with van der Waals surface area (Å²) in [4.78, 5) is 46.3. The van der Waals surface area contributed by atoms with Crippen molar-refractivity contribution in [3.05, 3.63) is 33.9 Å². The summed E-state index contributed by atoms with van der Waals surface area (Å²) in [5.74, 6) is -1.36. The Morgan fingerprint density at radius 2 is 1.97 bits per heavy atom. The summed E-state index contributed by atoms with van der Waals surface area (Å²) in [5, 5.41) is 16.0. The highest BCUT2D eigenvalue weighted by molar-refractivity contribution is 5.97. The van der Waals surface area contributed by atoms with Crippen molar-refractivity contribution >= 4 is 23.6 Å². The van der Waals surface area contributed by atoms with Crippen molar-refractivity contribution in [2.45, 2.75) is 45.6 Å². The van der Waals surface area contributed by atoms with Gasteiger partial charge in [-0.1, -0.05) is 19.8 Å². The predicted octanol–water partition coefficient (Wildman–Crippen LogP) is 2.55. The molecule has 10 nitrogen and oxygen atoms in total. The topological polar surface area (TPSA) is 137 Å². The second-order valence-corrected chi connectivity index (χ2v) is 6.84. The fourth-order valence-corrected chi connectivity index (χ4v) is 3.18. The standard InChI is InChI=1S/C19H25N3O7/c1-3-28-16-9-8-13(10-15(16)22(26)27)18(24)29-11-17(23)21-19(25)20-14-7-5-4-6-12(14)2/h8-10,12,14H,3-7,11H2,1-2H3,(H2,20,21,23,25)/t12-,14+/m0/s1. The SMILES string of the molecule is CCOc1ccc(C(=O)OCC(=O)NC(=O)N[C@@H]2CCCC[C@@H]2C)cc1[N+](=O)[O-]. The average Bonchev–Trinajstić information content (AvgIpc) is 2.68. The van der Waals surface area contributed by atoms with Crippen LogP contribution < -0.4 is 15.4 Å². The van der Waals surface area contributed by atoms with Gasteiger partial charge in [-0.25, -0.2) is 9.59 Å². The Labute approximate surface area is 168 Å². The molecule has 29 heavy (non-hydrogen) atoms. The van der Waals surface area contributed by atoms with Crippen molar-refractivity contribution < 1.29 is 28.8 Å². The third-order valence-corrected chi connectivity index (χ3v) is 4.71. The van der Waals surface area contributed by atoms with Crippen molar-refractivity contribution in [1.82, 2.24) is 10.6 Å². The van der Waals surface area contributed by atoms with Gasteiger partial charge in [0.25, 0.3) is 5.91 Å². The largest absolute Gasteiger partial charge is 0.487 e. The van der Waals surface area contributed by atoms with Gasteiger partial charge in [0.1, 0.15) is 0 Å². The summed E-state index contributed by atoms with van der Waals surface area (Å²) in [6.45, 7) is 3.26. The molecule has 0 saturated heterocycles. The lowest BCUT2D eigenvalue weighted by atomic mass is 9.86. The minimum absolute atomic E-state index is 0.00324. The lowest BCUT2D eigenvalue weighted by Gasteiger charge is -2.29. The smallest absolute Gasteiger partial charge is 0.338 e. The molecule has 1 aliphatic rings. The molecule has 3 amide bonds. The van der Waals surface area contributed by atoms with Crippen LogP contribution in [0.4, 0.5) is 10.5 Å². The molecule has 0 heterocycles. The van der Waals surface area contributed by atoms with Crippen LogP contribution in [0, 0.1) is 16.0 Å². The summed E-state index contributed by atoms with van der Waals surface area (Å²) >= 11 is 0.